The van der Waals surface area contributed by atoms with E-state index < -0.39 is 0 Å². The van der Waals surface area contributed by atoms with Crippen LogP contribution in [0.5, 0.6) is 0 Å². The molecule has 0 saturated heterocycles. The van der Waals surface area contributed by atoms with Crippen LogP contribution >= 0.6 is 0 Å². The van der Waals surface area contributed by atoms with Crippen LogP contribution in [0.2, 0.25) is 0 Å². The summed E-state index contributed by atoms with van der Waals surface area (Å²) < 4.78 is 0. The first-order valence-corrected chi connectivity index (χ1v) is 4.94. The quantitative estimate of drug-likeness (QED) is 0.659. The fraction of sp³-hybridized carbons (Fsp3) is 1.00. The predicted octanol–water partition coefficient (Wildman–Crippen LogP) is 1.49. The van der Waals surface area contributed by atoms with Crippen molar-refractivity contribution in [2.75, 3.05) is 0 Å². The molecule has 12 heavy (non-hydrogen) atoms. The van der Waals surface area contributed by atoms with Crippen LogP contribution in [0.15, 0.2) is 0 Å². The van der Waals surface area contributed by atoms with Crippen LogP contribution in [0.25, 0.3) is 0 Å². The van der Waals surface area contributed by atoms with E-state index in [2.05, 4.69) is 27.7 Å². The number of nitrogens with two attached hydrogens (primary N) is 2. The highest BCUT2D eigenvalue weighted by atomic mass is 14.9. The molecule has 0 aromatic rings. The van der Waals surface area contributed by atoms with Gasteiger partial charge in [-0.15, -0.1) is 0 Å². The maximum atomic E-state index is 6.17. The summed E-state index contributed by atoms with van der Waals surface area (Å²) in [6.45, 7) is 8.77. The normalized spacial score (nSPS) is 53.5. The Balaban J connectivity index is 2.81. The Kier molecular flexibility index (Phi) is 2.26. The Bertz CT molecular complexity index is 149. The Morgan fingerprint density at radius 3 is 1.33 bits per heavy atom. The fourth-order valence-electron chi connectivity index (χ4n) is 2.68. The summed E-state index contributed by atoms with van der Waals surface area (Å²) in [6, 6.07) is 0.546. The van der Waals surface area contributed by atoms with Gasteiger partial charge >= 0.3 is 0 Å². The smallest absolute Gasteiger partial charge is 0.0177 e. The molecule has 0 aromatic heterocycles. The monoisotopic (exact) mass is 170 g/mol. The number of rotatable bonds is 2. The van der Waals surface area contributed by atoms with E-state index in [0.717, 1.165) is 12.8 Å². The lowest BCUT2D eigenvalue weighted by atomic mass is 9.45. The van der Waals surface area contributed by atoms with Gasteiger partial charge in [0, 0.05) is 12.1 Å². The highest BCUT2D eigenvalue weighted by Gasteiger charge is 2.61. The minimum absolute atomic E-state index is 0.171. The van der Waals surface area contributed by atoms with Crippen molar-refractivity contribution in [2.45, 2.75) is 52.6 Å². The van der Waals surface area contributed by atoms with Crippen LogP contribution in [-0.4, -0.2) is 12.1 Å². The summed E-state index contributed by atoms with van der Waals surface area (Å²) >= 11 is 0. The lowest BCUT2D eigenvalue weighted by Crippen LogP contribution is -2.76. The zero-order valence-corrected chi connectivity index (χ0v) is 8.72. The Hall–Kier alpha value is -0.0800. The summed E-state index contributed by atoms with van der Waals surface area (Å²) in [5, 5.41) is 0. The molecule has 1 aliphatic rings. The molecular formula is C10H22N2. The van der Waals surface area contributed by atoms with Crippen molar-refractivity contribution < 1.29 is 0 Å². The molecule has 0 bridgehead atoms. The van der Waals surface area contributed by atoms with Gasteiger partial charge in [-0.2, -0.15) is 0 Å². The van der Waals surface area contributed by atoms with Crippen LogP contribution in [0.1, 0.15) is 40.5 Å². The zero-order valence-electron chi connectivity index (χ0n) is 8.72. The standard InChI is InChI=1S/C10H22N2/c1-5-9(3)7(11)10(4,6-2)8(9)12/h7-8H,5-6,11-12H2,1-4H3. The van der Waals surface area contributed by atoms with Crippen LogP contribution in [-0.2, 0) is 0 Å². The van der Waals surface area contributed by atoms with E-state index in [1.54, 1.807) is 0 Å². The van der Waals surface area contributed by atoms with E-state index in [1.807, 2.05) is 0 Å². The van der Waals surface area contributed by atoms with Gasteiger partial charge in [-0.3, -0.25) is 0 Å². The summed E-state index contributed by atoms with van der Waals surface area (Å²) in [7, 11) is 0. The average molecular weight is 170 g/mol. The van der Waals surface area contributed by atoms with E-state index in [-0.39, 0.29) is 22.9 Å². The molecule has 0 aliphatic heterocycles. The second-order valence-electron chi connectivity index (χ2n) is 4.67. The SMILES string of the molecule is CCC1(C)C(N)C(C)(CC)C1N. The lowest BCUT2D eigenvalue weighted by molar-refractivity contribution is -0.0817. The van der Waals surface area contributed by atoms with E-state index in [0.29, 0.717) is 0 Å². The summed E-state index contributed by atoms with van der Waals surface area (Å²) in [4.78, 5) is 0. The van der Waals surface area contributed by atoms with Gasteiger partial charge in [0.05, 0.1) is 0 Å². The highest BCUT2D eigenvalue weighted by Crippen LogP contribution is 2.55. The van der Waals surface area contributed by atoms with Crippen LogP contribution in [0, 0.1) is 10.8 Å². The van der Waals surface area contributed by atoms with E-state index >= 15 is 0 Å². The van der Waals surface area contributed by atoms with Gasteiger partial charge in [-0.1, -0.05) is 27.7 Å². The molecule has 1 saturated carbocycles. The van der Waals surface area contributed by atoms with Gasteiger partial charge < -0.3 is 11.5 Å². The molecule has 0 aromatic carbocycles. The molecule has 1 rings (SSSR count). The zero-order chi connectivity index (χ0) is 9.57. The lowest BCUT2D eigenvalue weighted by Gasteiger charge is -2.64. The Morgan fingerprint density at radius 1 is 0.917 bits per heavy atom. The first-order chi connectivity index (χ1) is 5.43. The molecule has 72 valence electrons. The molecule has 2 heteroatoms. The minimum Gasteiger partial charge on any atom is -0.327 e. The van der Waals surface area contributed by atoms with Gasteiger partial charge in [0.25, 0.3) is 0 Å². The van der Waals surface area contributed by atoms with E-state index in [9.17, 15) is 0 Å². The molecule has 0 unspecified atom stereocenters. The highest BCUT2D eigenvalue weighted by molar-refractivity contribution is 5.17. The van der Waals surface area contributed by atoms with Gasteiger partial charge in [0.1, 0.15) is 0 Å². The minimum atomic E-state index is 0.171. The van der Waals surface area contributed by atoms with Gasteiger partial charge in [0.15, 0.2) is 0 Å². The second-order valence-corrected chi connectivity index (χ2v) is 4.67. The van der Waals surface area contributed by atoms with Gasteiger partial charge in [-0.05, 0) is 23.7 Å². The third kappa shape index (κ3) is 0.882. The van der Waals surface area contributed by atoms with Crippen molar-refractivity contribution in [1.29, 1.82) is 0 Å². The van der Waals surface area contributed by atoms with Crippen molar-refractivity contribution in [1.82, 2.24) is 0 Å². The van der Waals surface area contributed by atoms with Crippen LogP contribution in [0.3, 0.4) is 0 Å². The Labute approximate surface area is 75.7 Å². The fourth-order valence-corrected chi connectivity index (χ4v) is 2.68. The third-order valence-electron chi connectivity index (χ3n) is 4.37. The molecule has 2 nitrogen and oxygen atoms in total. The molecular weight excluding hydrogens is 148 g/mol. The molecule has 0 heterocycles. The molecule has 0 spiro atoms. The molecule has 1 aliphatic carbocycles. The second kappa shape index (κ2) is 2.71. The topological polar surface area (TPSA) is 52.0 Å². The third-order valence-corrected chi connectivity index (χ3v) is 4.37. The van der Waals surface area contributed by atoms with Crippen molar-refractivity contribution >= 4 is 0 Å². The maximum Gasteiger partial charge on any atom is 0.0177 e. The molecule has 4 N–H and O–H groups in total. The maximum absolute atomic E-state index is 6.17. The van der Waals surface area contributed by atoms with Gasteiger partial charge in [0.2, 0.25) is 0 Å². The summed E-state index contributed by atoms with van der Waals surface area (Å²) in [5.74, 6) is 0. The van der Waals surface area contributed by atoms with Crippen LogP contribution in [0.4, 0.5) is 0 Å². The number of hydrogen-bond donors (Lipinski definition) is 2. The van der Waals surface area contributed by atoms with Crippen molar-refractivity contribution in [3.63, 3.8) is 0 Å². The van der Waals surface area contributed by atoms with Crippen molar-refractivity contribution in [2.24, 2.45) is 22.3 Å². The summed E-state index contributed by atoms with van der Waals surface area (Å²) in [5.41, 5.74) is 12.7. The largest absolute Gasteiger partial charge is 0.327 e. The molecule has 1 fully saturated rings. The van der Waals surface area contributed by atoms with Gasteiger partial charge in [-0.25, -0.2) is 0 Å². The van der Waals surface area contributed by atoms with E-state index in [4.69, 9.17) is 11.5 Å². The predicted molar refractivity (Wildman–Crippen MR) is 52.7 cm³/mol. The van der Waals surface area contributed by atoms with Crippen molar-refractivity contribution in [3.8, 4) is 0 Å². The molecule has 0 amide bonds. The van der Waals surface area contributed by atoms with Crippen molar-refractivity contribution in [3.05, 3.63) is 0 Å². The first kappa shape index (κ1) is 10.0. The molecule has 0 atom stereocenters. The molecule has 0 radical (unpaired) electrons. The summed E-state index contributed by atoms with van der Waals surface area (Å²) in [6.07, 6.45) is 2.18. The average Bonchev–Trinajstić information content (AvgIpc) is 2.13. The first-order valence-electron chi connectivity index (χ1n) is 4.94. The van der Waals surface area contributed by atoms with Crippen LogP contribution < -0.4 is 11.5 Å². The van der Waals surface area contributed by atoms with E-state index in [1.165, 1.54) is 0 Å². The Morgan fingerprint density at radius 2 is 1.17 bits per heavy atom. The number of hydrogen-bond acceptors (Lipinski definition) is 2.